The Morgan fingerprint density at radius 2 is 1.95 bits per heavy atom. The Bertz CT molecular complexity index is 624. The number of aromatic nitrogens is 3. The second kappa shape index (κ2) is 5.96. The van der Waals surface area contributed by atoms with Gasteiger partial charge in [-0.2, -0.15) is 0 Å². The summed E-state index contributed by atoms with van der Waals surface area (Å²) in [5, 5.41) is -0.0802. The van der Waals surface area contributed by atoms with E-state index in [1.807, 2.05) is 19.9 Å². The molecule has 0 saturated heterocycles. The van der Waals surface area contributed by atoms with Crippen molar-refractivity contribution in [3.63, 3.8) is 0 Å². The van der Waals surface area contributed by atoms with E-state index in [4.69, 9.17) is 21.6 Å². The first kappa shape index (κ1) is 14.8. The normalized spacial score (nSPS) is 24.4. The summed E-state index contributed by atoms with van der Waals surface area (Å²) in [6.07, 6.45) is 6.35. The lowest BCUT2D eigenvalue weighted by atomic mass is 9.84. The van der Waals surface area contributed by atoms with Crippen LogP contribution in [0.1, 0.15) is 68.9 Å². The van der Waals surface area contributed by atoms with Crippen molar-refractivity contribution < 1.29 is 0 Å². The molecule has 0 N–H and O–H groups in total. The van der Waals surface area contributed by atoms with E-state index in [9.17, 15) is 0 Å². The number of fused-ring (bicyclic) bond motifs is 1. The van der Waals surface area contributed by atoms with E-state index >= 15 is 0 Å². The molecule has 1 saturated carbocycles. The molecule has 3 nitrogen and oxygen atoms in total. The van der Waals surface area contributed by atoms with Gasteiger partial charge in [0.05, 0.1) is 5.38 Å². The third-order valence-corrected chi connectivity index (χ3v) is 5.01. The predicted molar refractivity (Wildman–Crippen MR) is 87.8 cm³/mol. The summed E-state index contributed by atoms with van der Waals surface area (Å²) in [5.74, 6) is 1.87. The van der Waals surface area contributed by atoms with Gasteiger partial charge in [-0.3, -0.25) is 0 Å². The van der Waals surface area contributed by atoms with Crippen molar-refractivity contribution >= 4 is 22.8 Å². The molecule has 0 aromatic carbocycles. The van der Waals surface area contributed by atoms with Crippen LogP contribution in [-0.2, 0) is 0 Å². The summed E-state index contributed by atoms with van der Waals surface area (Å²) in [4.78, 5) is 9.47. The Hall–Kier alpha value is -1.09. The minimum absolute atomic E-state index is 0.0802. The summed E-state index contributed by atoms with van der Waals surface area (Å²) in [6, 6.07) is 4.59. The van der Waals surface area contributed by atoms with Crippen LogP contribution in [0.15, 0.2) is 12.1 Å². The maximum atomic E-state index is 6.38. The molecule has 0 radical (unpaired) electrons. The zero-order valence-electron chi connectivity index (χ0n) is 13.1. The molecule has 2 heterocycles. The number of hydrogen-bond acceptors (Lipinski definition) is 2. The molecule has 1 aliphatic rings. The highest BCUT2D eigenvalue weighted by Gasteiger charge is 2.26. The minimum Gasteiger partial charge on any atom is -0.308 e. The average Bonchev–Trinajstić information content (AvgIpc) is 2.86. The molecule has 21 heavy (non-hydrogen) atoms. The Morgan fingerprint density at radius 3 is 2.57 bits per heavy atom. The molecule has 114 valence electrons. The molecule has 0 bridgehead atoms. The summed E-state index contributed by atoms with van der Waals surface area (Å²) in [6.45, 7) is 6.34. The molecule has 1 atom stereocenters. The van der Waals surface area contributed by atoms with Crippen LogP contribution in [0.5, 0.6) is 0 Å². The smallest absolute Gasteiger partial charge is 0.160 e. The number of halogens is 1. The third-order valence-electron chi connectivity index (χ3n) is 4.82. The van der Waals surface area contributed by atoms with E-state index in [1.54, 1.807) is 0 Å². The van der Waals surface area contributed by atoms with Gasteiger partial charge in [-0.15, -0.1) is 11.6 Å². The molecular weight excluding hydrogens is 282 g/mol. The monoisotopic (exact) mass is 305 g/mol. The number of imidazole rings is 1. The maximum absolute atomic E-state index is 6.38. The SMILES string of the molecule is CCC1CCC(n2c(C(C)Cl)nc3ccc(C)nc32)CC1. The van der Waals surface area contributed by atoms with Crippen LogP contribution in [-0.4, -0.2) is 14.5 Å². The van der Waals surface area contributed by atoms with E-state index in [-0.39, 0.29) is 5.38 Å². The zero-order chi connectivity index (χ0) is 15.0. The van der Waals surface area contributed by atoms with E-state index in [0.29, 0.717) is 6.04 Å². The van der Waals surface area contributed by atoms with Gasteiger partial charge in [0.15, 0.2) is 5.65 Å². The Kier molecular flexibility index (Phi) is 4.21. The molecule has 4 heteroatoms. The fourth-order valence-electron chi connectivity index (χ4n) is 3.54. The first-order valence-corrected chi connectivity index (χ1v) is 8.53. The summed E-state index contributed by atoms with van der Waals surface area (Å²) >= 11 is 6.38. The maximum Gasteiger partial charge on any atom is 0.160 e. The molecule has 1 unspecified atom stereocenters. The van der Waals surface area contributed by atoms with Gasteiger partial charge in [0.1, 0.15) is 11.3 Å². The second-order valence-corrected chi connectivity index (χ2v) is 6.99. The van der Waals surface area contributed by atoms with Crippen LogP contribution < -0.4 is 0 Å². The summed E-state index contributed by atoms with van der Waals surface area (Å²) in [5.41, 5.74) is 3.03. The fraction of sp³-hybridized carbons (Fsp3) is 0.647. The molecule has 1 fully saturated rings. The molecule has 0 spiro atoms. The number of pyridine rings is 1. The molecule has 2 aromatic rings. The van der Waals surface area contributed by atoms with Crippen LogP contribution >= 0.6 is 11.6 Å². The van der Waals surface area contributed by atoms with Crippen molar-refractivity contribution in [2.45, 2.75) is 64.3 Å². The number of hydrogen-bond donors (Lipinski definition) is 0. The van der Waals surface area contributed by atoms with Crippen LogP contribution in [0.2, 0.25) is 0 Å². The number of rotatable bonds is 3. The first-order chi connectivity index (χ1) is 10.1. The van der Waals surface area contributed by atoms with E-state index in [0.717, 1.165) is 28.6 Å². The standard InChI is InChI=1S/C17H24ClN3/c1-4-13-6-8-14(9-7-13)21-16(12(3)18)20-15-10-5-11(2)19-17(15)21/h5,10,12-14H,4,6-9H2,1-3H3. The van der Waals surface area contributed by atoms with Crippen LogP contribution in [0.4, 0.5) is 0 Å². The molecule has 2 aromatic heterocycles. The van der Waals surface area contributed by atoms with Gasteiger partial charge in [-0.05, 0) is 57.6 Å². The number of alkyl halides is 1. The molecule has 3 rings (SSSR count). The topological polar surface area (TPSA) is 30.7 Å². The predicted octanol–water partition coefficient (Wildman–Crippen LogP) is 5.18. The summed E-state index contributed by atoms with van der Waals surface area (Å²) < 4.78 is 2.33. The average molecular weight is 306 g/mol. The highest BCUT2D eigenvalue weighted by Crippen LogP contribution is 2.37. The van der Waals surface area contributed by atoms with Crippen molar-refractivity contribution in [2.75, 3.05) is 0 Å². The van der Waals surface area contributed by atoms with Crippen LogP contribution in [0.3, 0.4) is 0 Å². The zero-order valence-corrected chi connectivity index (χ0v) is 13.9. The van der Waals surface area contributed by atoms with Gasteiger partial charge >= 0.3 is 0 Å². The Morgan fingerprint density at radius 1 is 1.24 bits per heavy atom. The Balaban J connectivity index is 2.03. The van der Waals surface area contributed by atoms with Crippen molar-refractivity contribution in [1.82, 2.24) is 14.5 Å². The fourth-order valence-corrected chi connectivity index (χ4v) is 3.69. The largest absolute Gasteiger partial charge is 0.308 e. The Labute approximate surface area is 131 Å². The molecule has 0 aliphatic heterocycles. The summed E-state index contributed by atoms with van der Waals surface area (Å²) in [7, 11) is 0. The van der Waals surface area contributed by atoms with Crippen LogP contribution in [0, 0.1) is 12.8 Å². The van der Waals surface area contributed by atoms with Gasteiger partial charge in [-0.25, -0.2) is 9.97 Å². The van der Waals surface area contributed by atoms with E-state index in [1.165, 1.54) is 32.1 Å². The van der Waals surface area contributed by atoms with Gasteiger partial charge in [0.2, 0.25) is 0 Å². The van der Waals surface area contributed by atoms with Gasteiger partial charge in [0, 0.05) is 11.7 Å². The lowest BCUT2D eigenvalue weighted by molar-refractivity contribution is 0.269. The lowest BCUT2D eigenvalue weighted by Crippen LogP contribution is -2.20. The highest BCUT2D eigenvalue weighted by atomic mass is 35.5. The van der Waals surface area contributed by atoms with Gasteiger partial charge in [0.25, 0.3) is 0 Å². The number of nitrogens with zero attached hydrogens (tertiary/aromatic N) is 3. The third kappa shape index (κ3) is 2.80. The molecule has 0 amide bonds. The minimum atomic E-state index is -0.0802. The van der Waals surface area contributed by atoms with Gasteiger partial charge in [-0.1, -0.05) is 13.3 Å². The van der Waals surface area contributed by atoms with Crippen molar-refractivity contribution in [3.8, 4) is 0 Å². The van der Waals surface area contributed by atoms with Gasteiger partial charge < -0.3 is 4.57 Å². The molecule has 1 aliphatic carbocycles. The first-order valence-electron chi connectivity index (χ1n) is 8.09. The van der Waals surface area contributed by atoms with Crippen LogP contribution in [0.25, 0.3) is 11.2 Å². The molecular formula is C17H24ClN3. The highest BCUT2D eigenvalue weighted by molar-refractivity contribution is 6.20. The quantitative estimate of drug-likeness (QED) is 0.731. The van der Waals surface area contributed by atoms with Crippen molar-refractivity contribution in [1.29, 1.82) is 0 Å². The van der Waals surface area contributed by atoms with E-state index < -0.39 is 0 Å². The van der Waals surface area contributed by atoms with E-state index in [2.05, 4.69) is 17.6 Å². The van der Waals surface area contributed by atoms with Crippen molar-refractivity contribution in [3.05, 3.63) is 23.7 Å². The second-order valence-electron chi connectivity index (χ2n) is 6.33. The lowest BCUT2D eigenvalue weighted by Gasteiger charge is -2.30. The number of aryl methyl sites for hydroxylation is 1. The van der Waals surface area contributed by atoms with Crippen molar-refractivity contribution in [2.24, 2.45) is 5.92 Å².